The van der Waals surface area contributed by atoms with E-state index in [2.05, 4.69) is 10.1 Å². The molecule has 27 heavy (non-hydrogen) atoms. The van der Waals surface area contributed by atoms with Crippen LogP contribution in [0.5, 0.6) is 5.75 Å². The number of carbonyl (C=O) groups is 1. The molecule has 0 unspecified atom stereocenters. The van der Waals surface area contributed by atoms with E-state index in [0.29, 0.717) is 10.8 Å². The fraction of sp³-hybridized carbons (Fsp3) is 0.150. The van der Waals surface area contributed by atoms with Crippen LogP contribution in [0.15, 0.2) is 59.9 Å². The van der Waals surface area contributed by atoms with Crippen molar-refractivity contribution in [1.29, 1.82) is 0 Å². The van der Waals surface area contributed by atoms with E-state index >= 15 is 0 Å². The van der Waals surface area contributed by atoms with Gasteiger partial charge in [-0.2, -0.15) is 5.10 Å². The smallest absolute Gasteiger partial charge is 0.207 e. The fourth-order valence-electron chi connectivity index (χ4n) is 2.48. The average Bonchev–Trinajstić information content (AvgIpc) is 3.03. The molecule has 0 N–H and O–H groups in total. The standard InChI is InChI=1S/C20H18ClN3O2S/c1-24-12-16(21)20(23-24)17(25)8-6-14-7-9-18(26-2)15(11-14)13-27-19-5-3-4-10-22-19/h3-12H,13H2,1-2H3/b8-6+. The summed E-state index contributed by atoms with van der Waals surface area (Å²) in [4.78, 5) is 16.6. The maximum atomic E-state index is 12.3. The Morgan fingerprint density at radius 1 is 1.33 bits per heavy atom. The summed E-state index contributed by atoms with van der Waals surface area (Å²) in [6, 6.07) is 11.6. The maximum Gasteiger partial charge on any atom is 0.207 e. The fourth-order valence-corrected chi connectivity index (χ4v) is 3.59. The third-order valence-electron chi connectivity index (χ3n) is 3.76. The number of hydrogen-bond acceptors (Lipinski definition) is 5. The minimum Gasteiger partial charge on any atom is -0.496 e. The largest absolute Gasteiger partial charge is 0.496 e. The van der Waals surface area contributed by atoms with Crippen LogP contribution in [0.25, 0.3) is 6.08 Å². The topological polar surface area (TPSA) is 57.0 Å². The van der Waals surface area contributed by atoms with Gasteiger partial charge in [0.2, 0.25) is 5.78 Å². The quantitative estimate of drug-likeness (QED) is 0.328. The van der Waals surface area contributed by atoms with Crippen molar-refractivity contribution in [2.75, 3.05) is 7.11 Å². The molecule has 0 fully saturated rings. The number of rotatable bonds is 7. The van der Waals surface area contributed by atoms with Crippen LogP contribution < -0.4 is 4.74 Å². The predicted octanol–water partition coefficient (Wildman–Crippen LogP) is 4.67. The number of thioether (sulfide) groups is 1. The van der Waals surface area contributed by atoms with Crippen molar-refractivity contribution in [2.24, 2.45) is 7.05 Å². The van der Waals surface area contributed by atoms with Crippen LogP contribution in [-0.4, -0.2) is 27.7 Å². The van der Waals surface area contributed by atoms with E-state index < -0.39 is 0 Å². The summed E-state index contributed by atoms with van der Waals surface area (Å²) in [7, 11) is 3.37. The lowest BCUT2D eigenvalue weighted by Crippen LogP contribution is -1.98. The molecule has 0 aliphatic carbocycles. The van der Waals surface area contributed by atoms with E-state index in [-0.39, 0.29) is 11.5 Å². The number of methoxy groups -OCH3 is 1. The lowest BCUT2D eigenvalue weighted by Gasteiger charge is -2.09. The van der Waals surface area contributed by atoms with Gasteiger partial charge in [-0.25, -0.2) is 4.98 Å². The molecule has 2 heterocycles. The maximum absolute atomic E-state index is 12.3. The summed E-state index contributed by atoms with van der Waals surface area (Å²) < 4.78 is 6.96. The van der Waals surface area contributed by atoms with Crippen LogP contribution in [-0.2, 0) is 12.8 Å². The average molecular weight is 400 g/mol. The van der Waals surface area contributed by atoms with E-state index in [1.807, 2.05) is 36.4 Å². The molecule has 3 aromatic rings. The minimum absolute atomic E-state index is 0.235. The molecule has 0 saturated heterocycles. The number of pyridine rings is 1. The van der Waals surface area contributed by atoms with Crippen molar-refractivity contribution < 1.29 is 9.53 Å². The number of carbonyl (C=O) groups excluding carboxylic acids is 1. The van der Waals surface area contributed by atoms with Crippen molar-refractivity contribution >= 4 is 35.2 Å². The molecule has 138 valence electrons. The first kappa shape index (κ1) is 19.2. The van der Waals surface area contributed by atoms with Crippen molar-refractivity contribution in [2.45, 2.75) is 10.8 Å². The van der Waals surface area contributed by atoms with Crippen LogP contribution in [0.4, 0.5) is 0 Å². The molecule has 0 aliphatic rings. The normalized spacial score (nSPS) is 11.1. The molecule has 0 aliphatic heterocycles. The Labute approximate surface area is 167 Å². The molecule has 2 aromatic heterocycles. The van der Waals surface area contributed by atoms with Gasteiger partial charge in [0.15, 0.2) is 5.69 Å². The highest BCUT2D eigenvalue weighted by atomic mass is 35.5. The Kier molecular flexibility index (Phi) is 6.32. The third kappa shape index (κ3) is 4.99. The van der Waals surface area contributed by atoms with Crippen LogP contribution in [0.2, 0.25) is 5.02 Å². The summed E-state index contributed by atoms with van der Waals surface area (Å²) in [5, 5.41) is 5.37. The summed E-state index contributed by atoms with van der Waals surface area (Å²) in [6.45, 7) is 0. The second kappa shape index (κ2) is 8.88. The van der Waals surface area contributed by atoms with Gasteiger partial charge in [0.1, 0.15) is 5.75 Å². The SMILES string of the molecule is COc1ccc(/C=C/C(=O)c2nn(C)cc2Cl)cc1CSc1ccccn1. The van der Waals surface area contributed by atoms with Gasteiger partial charge in [-0.15, -0.1) is 11.8 Å². The molecule has 0 bridgehead atoms. The summed E-state index contributed by atoms with van der Waals surface area (Å²) >= 11 is 7.65. The molecule has 7 heteroatoms. The molecule has 3 rings (SSSR count). The Bertz CT molecular complexity index is 971. The van der Waals surface area contributed by atoms with Gasteiger partial charge >= 0.3 is 0 Å². The van der Waals surface area contributed by atoms with Gasteiger partial charge in [-0.3, -0.25) is 9.48 Å². The second-order valence-electron chi connectivity index (χ2n) is 5.72. The van der Waals surface area contributed by atoms with Crippen molar-refractivity contribution in [3.05, 3.63) is 76.7 Å². The number of halogens is 1. The summed E-state index contributed by atoms with van der Waals surface area (Å²) in [5.74, 6) is 1.28. The zero-order valence-corrected chi connectivity index (χ0v) is 16.5. The van der Waals surface area contributed by atoms with E-state index in [0.717, 1.165) is 21.9 Å². The first-order valence-electron chi connectivity index (χ1n) is 8.19. The van der Waals surface area contributed by atoms with E-state index in [9.17, 15) is 4.79 Å². The molecule has 0 spiro atoms. The van der Waals surface area contributed by atoms with Gasteiger partial charge in [-0.05, 0) is 35.9 Å². The molecule has 0 saturated carbocycles. The number of benzene rings is 1. The number of aromatic nitrogens is 3. The Hall–Kier alpha value is -2.57. The number of allylic oxidation sites excluding steroid dienone is 1. The highest BCUT2D eigenvalue weighted by molar-refractivity contribution is 7.98. The van der Waals surface area contributed by atoms with Crippen molar-refractivity contribution in [3.63, 3.8) is 0 Å². The lowest BCUT2D eigenvalue weighted by atomic mass is 10.1. The number of aryl methyl sites for hydroxylation is 1. The Balaban J connectivity index is 1.76. The zero-order chi connectivity index (χ0) is 19.2. The van der Waals surface area contributed by atoms with Gasteiger partial charge in [0, 0.05) is 30.8 Å². The molecule has 5 nitrogen and oxygen atoms in total. The van der Waals surface area contributed by atoms with Crippen molar-refractivity contribution in [3.8, 4) is 5.75 Å². The van der Waals surface area contributed by atoms with Crippen LogP contribution in [0.1, 0.15) is 21.6 Å². The first-order valence-corrected chi connectivity index (χ1v) is 9.55. The Morgan fingerprint density at radius 2 is 2.19 bits per heavy atom. The van der Waals surface area contributed by atoms with Crippen molar-refractivity contribution in [1.82, 2.24) is 14.8 Å². The lowest BCUT2D eigenvalue weighted by molar-refractivity contribution is 0.104. The van der Waals surface area contributed by atoms with Crippen LogP contribution in [0, 0.1) is 0 Å². The molecular weight excluding hydrogens is 382 g/mol. The van der Waals surface area contributed by atoms with Gasteiger partial charge in [0.25, 0.3) is 0 Å². The predicted molar refractivity (Wildman–Crippen MR) is 108 cm³/mol. The van der Waals surface area contributed by atoms with Crippen LogP contribution >= 0.6 is 23.4 Å². The monoisotopic (exact) mass is 399 g/mol. The third-order valence-corrected chi connectivity index (χ3v) is 5.03. The van der Waals surface area contributed by atoms with E-state index in [1.54, 1.807) is 44.4 Å². The molecular formula is C20H18ClN3O2S. The highest BCUT2D eigenvalue weighted by Crippen LogP contribution is 2.28. The molecule has 0 radical (unpaired) electrons. The van der Waals surface area contributed by atoms with E-state index in [4.69, 9.17) is 16.3 Å². The minimum atomic E-state index is -0.235. The number of ether oxygens (including phenoxy) is 1. The van der Waals surface area contributed by atoms with E-state index in [1.165, 1.54) is 10.8 Å². The first-order chi connectivity index (χ1) is 13.1. The molecule has 0 atom stereocenters. The highest BCUT2D eigenvalue weighted by Gasteiger charge is 2.12. The molecule has 0 amide bonds. The number of hydrogen-bond donors (Lipinski definition) is 0. The number of ketones is 1. The van der Waals surface area contributed by atoms with Gasteiger partial charge < -0.3 is 4.74 Å². The zero-order valence-electron chi connectivity index (χ0n) is 14.9. The summed E-state index contributed by atoms with van der Waals surface area (Å²) in [5.41, 5.74) is 2.17. The Morgan fingerprint density at radius 3 is 2.85 bits per heavy atom. The van der Waals surface area contributed by atoms with Gasteiger partial charge in [0.05, 0.1) is 17.2 Å². The van der Waals surface area contributed by atoms with Crippen LogP contribution in [0.3, 0.4) is 0 Å². The number of nitrogens with zero attached hydrogens (tertiary/aromatic N) is 3. The summed E-state index contributed by atoms with van der Waals surface area (Å²) in [6.07, 6.45) is 6.60. The second-order valence-corrected chi connectivity index (χ2v) is 7.13. The molecule has 1 aromatic carbocycles. The van der Waals surface area contributed by atoms with Gasteiger partial charge in [-0.1, -0.05) is 29.8 Å².